The van der Waals surface area contributed by atoms with Crippen LogP contribution in [-0.4, -0.2) is 29.9 Å². The lowest BCUT2D eigenvalue weighted by atomic mass is 9.59. The molecule has 45 heavy (non-hydrogen) atoms. The summed E-state index contributed by atoms with van der Waals surface area (Å²) < 4.78 is 12.3. The van der Waals surface area contributed by atoms with Crippen LogP contribution in [0.4, 0.5) is 0 Å². The monoisotopic (exact) mass is 620 g/mol. The van der Waals surface area contributed by atoms with Crippen LogP contribution < -0.4 is 0 Å². The minimum atomic E-state index is -0.309. The number of hydrogen-bond acceptors (Lipinski definition) is 5. The zero-order valence-corrected chi connectivity index (χ0v) is 28.8. The first-order valence-electron chi connectivity index (χ1n) is 19.5. The molecule has 17 unspecified atom stereocenters. The molecule has 6 bridgehead atoms. The number of hydrogen-bond donors (Lipinski definition) is 0. The van der Waals surface area contributed by atoms with Crippen molar-refractivity contribution < 1.29 is 23.9 Å². The first-order valence-corrected chi connectivity index (χ1v) is 19.5. The second kappa shape index (κ2) is 11.2. The van der Waals surface area contributed by atoms with Gasteiger partial charge in [0.15, 0.2) is 0 Å². The van der Waals surface area contributed by atoms with Gasteiger partial charge in [0.05, 0.1) is 24.0 Å². The fraction of sp³-hybridized carbons (Fsp3) is 0.925. The van der Waals surface area contributed by atoms with Crippen LogP contribution in [0.3, 0.4) is 0 Å². The maximum Gasteiger partial charge on any atom is 0.317 e. The highest BCUT2D eigenvalue weighted by molar-refractivity contribution is 5.96. The van der Waals surface area contributed by atoms with Crippen LogP contribution in [0.25, 0.3) is 0 Å². The van der Waals surface area contributed by atoms with Gasteiger partial charge in [-0.05, 0) is 167 Å². The van der Waals surface area contributed by atoms with Crippen molar-refractivity contribution in [3.05, 3.63) is 0 Å². The molecule has 1 saturated heterocycles. The normalized spacial score (nSPS) is 51.6. The Morgan fingerprint density at radius 1 is 0.867 bits per heavy atom. The standard InChI is InChI=1S/C40H60O5/c1-6-24-26(33-18-32(24)35-22-15-30(21(3)41)31(16-22)36(33)35)11-12-28-29(38(43)45-37(28)42)13-14-39(4,7-2)20-44-40(5)19-23-17-34(40)27-10-8-9-25(23)27/h22-36H,6-20H2,1-5H3. The van der Waals surface area contributed by atoms with Gasteiger partial charge >= 0.3 is 11.9 Å². The van der Waals surface area contributed by atoms with Crippen molar-refractivity contribution in [1.29, 1.82) is 0 Å². The summed E-state index contributed by atoms with van der Waals surface area (Å²) in [6.45, 7) is 11.9. The first kappa shape index (κ1) is 31.1. The zero-order chi connectivity index (χ0) is 31.4. The number of cyclic esters (lactones) is 2. The van der Waals surface area contributed by atoms with Gasteiger partial charge in [-0.25, -0.2) is 0 Å². The maximum atomic E-state index is 13.1. The predicted octanol–water partition coefficient (Wildman–Crippen LogP) is 8.28. The van der Waals surface area contributed by atoms with Crippen LogP contribution in [0.1, 0.15) is 125 Å². The fourth-order valence-corrected chi connectivity index (χ4v) is 14.7. The van der Waals surface area contributed by atoms with Crippen molar-refractivity contribution in [3.8, 4) is 0 Å². The van der Waals surface area contributed by atoms with Gasteiger partial charge in [-0.3, -0.25) is 14.4 Å². The molecule has 1 aliphatic heterocycles. The van der Waals surface area contributed by atoms with Crippen molar-refractivity contribution in [1.82, 2.24) is 0 Å². The van der Waals surface area contributed by atoms with Crippen molar-refractivity contribution in [2.75, 3.05) is 6.61 Å². The van der Waals surface area contributed by atoms with Gasteiger partial charge in [-0.15, -0.1) is 0 Å². The van der Waals surface area contributed by atoms with E-state index in [1.807, 2.05) is 6.92 Å². The predicted molar refractivity (Wildman–Crippen MR) is 173 cm³/mol. The molecule has 5 heteroatoms. The van der Waals surface area contributed by atoms with Crippen molar-refractivity contribution in [3.63, 3.8) is 0 Å². The molecule has 0 radical (unpaired) electrons. The molecule has 250 valence electrons. The van der Waals surface area contributed by atoms with E-state index in [4.69, 9.17) is 9.47 Å². The smallest absolute Gasteiger partial charge is 0.317 e. The minimum Gasteiger partial charge on any atom is -0.393 e. The first-order chi connectivity index (χ1) is 21.6. The molecule has 0 N–H and O–H groups in total. The Hall–Kier alpha value is -1.23. The molecule has 8 aliphatic rings. The molecular formula is C40H60O5. The van der Waals surface area contributed by atoms with Crippen LogP contribution in [0.2, 0.25) is 0 Å². The van der Waals surface area contributed by atoms with E-state index in [-0.39, 0.29) is 34.8 Å². The second-order valence-electron chi connectivity index (χ2n) is 18.5. The van der Waals surface area contributed by atoms with E-state index >= 15 is 0 Å². The van der Waals surface area contributed by atoms with Crippen LogP contribution in [0, 0.1) is 94.2 Å². The highest BCUT2D eigenvalue weighted by Gasteiger charge is 2.67. The van der Waals surface area contributed by atoms with E-state index in [9.17, 15) is 14.4 Å². The van der Waals surface area contributed by atoms with Crippen molar-refractivity contribution >= 4 is 17.7 Å². The Labute approximate surface area is 272 Å². The van der Waals surface area contributed by atoms with E-state index in [1.54, 1.807) is 0 Å². The Bertz CT molecular complexity index is 1210. The van der Waals surface area contributed by atoms with Crippen LogP contribution >= 0.6 is 0 Å². The third-order valence-corrected chi connectivity index (χ3v) is 16.8. The van der Waals surface area contributed by atoms with Crippen molar-refractivity contribution in [2.45, 2.75) is 130 Å². The number of rotatable bonds is 12. The molecule has 0 spiro atoms. The van der Waals surface area contributed by atoms with E-state index in [0.717, 1.165) is 98.4 Å². The van der Waals surface area contributed by atoms with Gasteiger partial charge in [-0.1, -0.05) is 33.6 Å². The zero-order valence-electron chi connectivity index (χ0n) is 28.8. The average molecular weight is 621 g/mol. The van der Waals surface area contributed by atoms with Crippen LogP contribution in [-0.2, 0) is 23.9 Å². The number of fused-ring (bicyclic) bond motifs is 14. The molecular weight excluding hydrogens is 560 g/mol. The molecule has 17 atom stereocenters. The SMILES string of the molecule is CCC1C(CCC2C(=O)OC(=O)C2CCC(C)(CC)COC2(C)CC3CC2C2CCCC32)C2CC1C1C3CC(C(C)=O)C(C3)C21. The van der Waals surface area contributed by atoms with Gasteiger partial charge in [0, 0.05) is 5.92 Å². The lowest BCUT2D eigenvalue weighted by molar-refractivity contribution is -0.154. The van der Waals surface area contributed by atoms with Gasteiger partial charge in [0.2, 0.25) is 0 Å². The minimum absolute atomic E-state index is 0.00164. The molecule has 0 aromatic heterocycles. The number of carbonyl (C=O) groups excluding carboxylic acids is 3. The maximum absolute atomic E-state index is 13.1. The Balaban J connectivity index is 0.897. The average Bonchev–Trinajstić information content (AvgIpc) is 3.86. The summed E-state index contributed by atoms with van der Waals surface area (Å²) in [5.74, 6) is 8.84. The topological polar surface area (TPSA) is 69.7 Å². The number of Topliss-reactive ketones (excluding diaryl/α,β-unsaturated/α-hetero) is 1. The number of ether oxygens (including phenoxy) is 2. The van der Waals surface area contributed by atoms with Gasteiger partial charge in [0.25, 0.3) is 0 Å². The Morgan fingerprint density at radius 2 is 1.60 bits per heavy atom. The molecule has 0 amide bonds. The van der Waals surface area contributed by atoms with E-state index in [0.29, 0.717) is 29.5 Å². The van der Waals surface area contributed by atoms with Gasteiger partial charge in [-0.2, -0.15) is 0 Å². The molecule has 0 aromatic rings. The lowest BCUT2D eigenvalue weighted by Gasteiger charge is -2.45. The number of ketones is 1. The fourth-order valence-electron chi connectivity index (χ4n) is 14.7. The Morgan fingerprint density at radius 3 is 2.33 bits per heavy atom. The third kappa shape index (κ3) is 4.72. The highest BCUT2D eigenvalue weighted by atomic mass is 16.6. The summed E-state index contributed by atoms with van der Waals surface area (Å²) in [5.41, 5.74) is 0.00842. The molecule has 7 saturated carbocycles. The summed E-state index contributed by atoms with van der Waals surface area (Å²) in [4.78, 5) is 38.7. The molecule has 8 rings (SSSR count). The summed E-state index contributed by atoms with van der Waals surface area (Å²) in [7, 11) is 0. The third-order valence-electron chi connectivity index (χ3n) is 16.8. The van der Waals surface area contributed by atoms with E-state index in [2.05, 4.69) is 27.7 Å². The number of esters is 2. The Kier molecular flexibility index (Phi) is 7.70. The van der Waals surface area contributed by atoms with Crippen LogP contribution in [0.15, 0.2) is 0 Å². The summed E-state index contributed by atoms with van der Waals surface area (Å²) >= 11 is 0. The molecule has 8 fully saturated rings. The molecule has 0 aromatic carbocycles. The van der Waals surface area contributed by atoms with Crippen LogP contribution in [0.5, 0.6) is 0 Å². The largest absolute Gasteiger partial charge is 0.393 e. The number of carbonyl (C=O) groups is 3. The van der Waals surface area contributed by atoms with Gasteiger partial charge < -0.3 is 9.47 Å². The van der Waals surface area contributed by atoms with Crippen molar-refractivity contribution in [2.24, 2.45) is 94.2 Å². The van der Waals surface area contributed by atoms with E-state index in [1.165, 1.54) is 51.4 Å². The summed E-state index contributed by atoms with van der Waals surface area (Å²) in [6, 6.07) is 0. The molecule has 1 heterocycles. The lowest BCUT2D eigenvalue weighted by Crippen LogP contribution is -2.43. The second-order valence-corrected chi connectivity index (χ2v) is 18.5. The summed E-state index contributed by atoms with van der Waals surface area (Å²) in [5, 5.41) is 0. The molecule has 7 aliphatic carbocycles. The van der Waals surface area contributed by atoms with Gasteiger partial charge in [0.1, 0.15) is 5.78 Å². The molecule has 5 nitrogen and oxygen atoms in total. The highest BCUT2D eigenvalue weighted by Crippen LogP contribution is 2.72. The quantitative estimate of drug-likeness (QED) is 0.125. The van der Waals surface area contributed by atoms with E-state index < -0.39 is 0 Å². The summed E-state index contributed by atoms with van der Waals surface area (Å²) in [6.07, 6.45) is 16.3.